The fourth-order valence-corrected chi connectivity index (χ4v) is 2.89. The Bertz CT molecular complexity index is 1040. The predicted octanol–water partition coefficient (Wildman–Crippen LogP) is 4.06. The number of carbonyl (C=O) groups excluding carboxylic acids is 2. The van der Waals surface area contributed by atoms with Gasteiger partial charge in [-0.3, -0.25) is 25.4 Å². The minimum Gasteiger partial charge on any atom is -0.267 e. The number of benzene rings is 2. The molecule has 0 aliphatic carbocycles. The van der Waals surface area contributed by atoms with Gasteiger partial charge >= 0.3 is 0 Å². The smallest absolute Gasteiger partial charge is 0.267 e. The lowest BCUT2D eigenvalue weighted by Gasteiger charge is -2.11. The Morgan fingerprint density at radius 3 is 2.35 bits per heavy atom. The average molecular weight is 392 g/mol. The van der Waals surface area contributed by atoms with Gasteiger partial charge in [-0.05, 0) is 49.4 Å². The molecule has 1 heterocycles. The number of nitrogens with zero attached hydrogens (tertiary/aromatic N) is 1. The van der Waals surface area contributed by atoms with Gasteiger partial charge in [-0.2, -0.15) is 0 Å². The maximum absolute atomic E-state index is 13.4. The highest BCUT2D eigenvalue weighted by Gasteiger charge is 2.15. The molecule has 2 aromatic carbocycles. The third-order valence-corrected chi connectivity index (χ3v) is 4.23. The van der Waals surface area contributed by atoms with Crippen molar-refractivity contribution in [2.24, 2.45) is 0 Å². The van der Waals surface area contributed by atoms with Gasteiger partial charge in [0.2, 0.25) is 0 Å². The maximum Gasteiger partial charge on any atom is 0.271 e. The van der Waals surface area contributed by atoms with Crippen molar-refractivity contribution in [1.82, 2.24) is 15.8 Å². The molecule has 8 heteroatoms. The van der Waals surface area contributed by atoms with Crippen molar-refractivity contribution >= 4 is 45.9 Å². The zero-order chi connectivity index (χ0) is 18.8. The van der Waals surface area contributed by atoms with Crippen molar-refractivity contribution in [2.75, 3.05) is 0 Å². The van der Waals surface area contributed by atoms with E-state index in [0.29, 0.717) is 21.6 Å². The van der Waals surface area contributed by atoms with E-state index in [1.165, 1.54) is 42.5 Å². The van der Waals surface area contributed by atoms with Gasteiger partial charge in [0.15, 0.2) is 0 Å². The SMILES string of the molecule is Cc1nc2ccc(F)cc2cc1C(=O)NNC(=O)c1ccc(Cl)cc1Cl. The van der Waals surface area contributed by atoms with E-state index < -0.39 is 17.6 Å². The second kappa shape index (κ2) is 7.27. The molecular formula is C18H12Cl2FN3O2. The van der Waals surface area contributed by atoms with Crippen molar-refractivity contribution in [3.63, 3.8) is 0 Å². The van der Waals surface area contributed by atoms with Crippen molar-refractivity contribution in [1.29, 1.82) is 0 Å². The summed E-state index contributed by atoms with van der Waals surface area (Å²) in [6.45, 7) is 1.65. The van der Waals surface area contributed by atoms with Gasteiger partial charge in [-0.25, -0.2) is 4.39 Å². The number of rotatable bonds is 2. The summed E-state index contributed by atoms with van der Waals surface area (Å²) in [4.78, 5) is 28.8. The molecule has 26 heavy (non-hydrogen) atoms. The third-order valence-electron chi connectivity index (χ3n) is 3.68. The Hall–Kier alpha value is -2.70. The number of fused-ring (bicyclic) bond motifs is 1. The van der Waals surface area contributed by atoms with E-state index in [9.17, 15) is 14.0 Å². The molecule has 0 unspecified atom stereocenters. The highest BCUT2D eigenvalue weighted by Crippen LogP contribution is 2.21. The normalized spacial score (nSPS) is 10.6. The van der Waals surface area contributed by atoms with Crippen LogP contribution in [-0.2, 0) is 0 Å². The highest BCUT2D eigenvalue weighted by molar-refractivity contribution is 6.36. The monoisotopic (exact) mass is 391 g/mol. The standard InChI is InChI=1S/C18H12Cl2FN3O2/c1-9-14(7-10-6-12(21)3-5-16(10)22-9)18(26)24-23-17(25)13-4-2-11(19)8-15(13)20/h2-8H,1H3,(H,23,25)(H,24,26). The maximum atomic E-state index is 13.4. The molecular weight excluding hydrogens is 380 g/mol. The quantitative estimate of drug-likeness (QED) is 0.646. The van der Waals surface area contributed by atoms with Crippen LogP contribution < -0.4 is 10.9 Å². The second-order valence-corrected chi connectivity index (χ2v) is 6.33. The summed E-state index contributed by atoms with van der Waals surface area (Å²) >= 11 is 11.7. The zero-order valence-corrected chi connectivity index (χ0v) is 15.0. The van der Waals surface area contributed by atoms with Gasteiger partial charge in [0.25, 0.3) is 11.8 Å². The van der Waals surface area contributed by atoms with Crippen LogP contribution in [0.4, 0.5) is 4.39 Å². The van der Waals surface area contributed by atoms with E-state index in [4.69, 9.17) is 23.2 Å². The zero-order valence-electron chi connectivity index (χ0n) is 13.4. The first-order valence-electron chi connectivity index (χ1n) is 7.48. The Balaban J connectivity index is 1.78. The molecule has 0 saturated heterocycles. The lowest BCUT2D eigenvalue weighted by molar-refractivity contribution is 0.0846. The minimum atomic E-state index is -0.600. The Labute approximate surface area is 158 Å². The molecule has 1 aromatic heterocycles. The van der Waals surface area contributed by atoms with Gasteiger partial charge in [0.05, 0.1) is 27.4 Å². The van der Waals surface area contributed by atoms with E-state index in [0.717, 1.165) is 0 Å². The molecule has 0 aliphatic rings. The van der Waals surface area contributed by atoms with E-state index >= 15 is 0 Å². The molecule has 3 rings (SSSR count). The number of aromatic nitrogens is 1. The van der Waals surface area contributed by atoms with Gasteiger partial charge in [-0.15, -0.1) is 0 Å². The van der Waals surface area contributed by atoms with Gasteiger partial charge in [0.1, 0.15) is 5.82 Å². The van der Waals surface area contributed by atoms with Crippen LogP contribution in [0.2, 0.25) is 10.0 Å². The third kappa shape index (κ3) is 3.76. The summed E-state index contributed by atoms with van der Waals surface area (Å²) in [5.41, 5.74) is 5.96. The lowest BCUT2D eigenvalue weighted by atomic mass is 10.1. The molecule has 0 fully saturated rings. The van der Waals surface area contributed by atoms with Crippen LogP contribution in [0.25, 0.3) is 10.9 Å². The van der Waals surface area contributed by atoms with E-state index in [1.807, 2.05) is 0 Å². The van der Waals surface area contributed by atoms with E-state index in [2.05, 4.69) is 15.8 Å². The van der Waals surface area contributed by atoms with Crippen molar-refractivity contribution < 1.29 is 14.0 Å². The summed E-state index contributed by atoms with van der Waals surface area (Å²) in [6.07, 6.45) is 0. The van der Waals surface area contributed by atoms with Crippen LogP contribution in [0.1, 0.15) is 26.4 Å². The average Bonchev–Trinajstić information content (AvgIpc) is 2.59. The van der Waals surface area contributed by atoms with E-state index in [1.54, 1.807) is 6.92 Å². The van der Waals surface area contributed by atoms with Crippen molar-refractivity contribution in [3.8, 4) is 0 Å². The molecule has 2 N–H and O–H groups in total. The first-order chi connectivity index (χ1) is 12.3. The molecule has 0 aliphatic heterocycles. The minimum absolute atomic E-state index is 0.156. The van der Waals surface area contributed by atoms with Crippen molar-refractivity contribution in [3.05, 3.63) is 75.1 Å². The molecule has 0 saturated carbocycles. The summed E-state index contributed by atoms with van der Waals surface area (Å²) in [7, 11) is 0. The number of aryl methyl sites for hydroxylation is 1. The van der Waals surface area contributed by atoms with Crippen LogP contribution in [-0.4, -0.2) is 16.8 Å². The molecule has 132 valence electrons. The van der Waals surface area contributed by atoms with Gasteiger partial charge < -0.3 is 0 Å². The fraction of sp³-hybridized carbons (Fsp3) is 0.0556. The first kappa shape index (κ1) is 18.1. The molecule has 2 amide bonds. The number of hydrazine groups is 1. The number of halogens is 3. The molecule has 0 atom stereocenters. The number of hydrogen-bond donors (Lipinski definition) is 2. The number of carbonyl (C=O) groups is 2. The van der Waals surface area contributed by atoms with Crippen LogP contribution in [0.15, 0.2) is 42.5 Å². The fourth-order valence-electron chi connectivity index (χ4n) is 2.40. The second-order valence-electron chi connectivity index (χ2n) is 5.49. The van der Waals surface area contributed by atoms with Crippen molar-refractivity contribution in [2.45, 2.75) is 6.92 Å². The molecule has 0 radical (unpaired) electrons. The molecule has 3 aromatic rings. The molecule has 0 bridgehead atoms. The predicted molar refractivity (Wildman–Crippen MR) is 97.8 cm³/mol. The first-order valence-corrected chi connectivity index (χ1v) is 8.23. The van der Waals surface area contributed by atoms with Crippen LogP contribution in [0.3, 0.4) is 0 Å². The highest BCUT2D eigenvalue weighted by atomic mass is 35.5. The lowest BCUT2D eigenvalue weighted by Crippen LogP contribution is -2.42. The Morgan fingerprint density at radius 2 is 1.65 bits per heavy atom. The Morgan fingerprint density at radius 1 is 0.962 bits per heavy atom. The van der Waals surface area contributed by atoms with E-state index in [-0.39, 0.29) is 16.1 Å². The Kier molecular flexibility index (Phi) is 5.06. The number of hydrogen-bond acceptors (Lipinski definition) is 3. The summed E-state index contributed by atoms with van der Waals surface area (Å²) in [6, 6.07) is 10.00. The van der Waals surface area contributed by atoms with Gasteiger partial charge in [0, 0.05) is 10.4 Å². The number of amides is 2. The van der Waals surface area contributed by atoms with Crippen LogP contribution in [0.5, 0.6) is 0 Å². The summed E-state index contributed by atoms with van der Waals surface area (Å²) in [5.74, 6) is -1.61. The van der Waals surface area contributed by atoms with Crippen LogP contribution in [0, 0.1) is 12.7 Å². The summed E-state index contributed by atoms with van der Waals surface area (Å²) in [5, 5.41) is 1.02. The van der Waals surface area contributed by atoms with Gasteiger partial charge in [-0.1, -0.05) is 23.2 Å². The molecule has 0 spiro atoms. The topological polar surface area (TPSA) is 71.1 Å². The molecule has 5 nitrogen and oxygen atoms in total. The number of pyridine rings is 1. The summed E-state index contributed by atoms with van der Waals surface area (Å²) < 4.78 is 13.4. The largest absolute Gasteiger partial charge is 0.271 e. The number of nitrogens with one attached hydrogen (secondary N) is 2. The van der Waals surface area contributed by atoms with Crippen LogP contribution >= 0.6 is 23.2 Å².